The Balaban J connectivity index is 0. The Morgan fingerprint density at radius 3 is 2.09 bits per heavy atom. The molecule has 0 aliphatic heterocycles. The molecule has 11 heavy (non-hydrogen) atoms. The molecule has 0 rings (SSSR count). The van der Waals surface area contributed by atoms with E-state index in [-0.39, 0.29) is 18.8 Å². The van der Waals surface area contributed by atoms with Crippen LogP contribution >= 0.6 is 12.4 Å². The minimum absolute atomic E-state index is 0. The van der Waals surface area contributed by atoms with Crippen molar-refractivity contribution in [2.24, 2.45) is 5.73 Å². The maximum atomic E-state index is 11.4. The first-order valence-electron chi connectivity index (χ1n) is 2.89. The minimum Gasteiger partial charge on any atom is -0.395 e. The van der Waals surface area contributed by atoms with Crippen LogP contribution in [0.5, 0.6) is 0 Å². The molecular weight excluding hydrogens is 183 g/mol. The van der Waals surface area contributed by atoms with Gasteiger partial charge in [-0.1, -0.05) is 0 Å². The van der Waals surface area contributed by atoms with Gasteiger partial charge >= 0.3 is 6.18 Å². The predicted octanol–water partition coefficient (Wildman–Crippen LogP) is 1.07. The second-order valence-corrected chi connectivity index (χ2v) is 2.10. The Bertz CT molecular complexity index is 98.2. The maximum absolute atomic E-state index is 11.4. The normalized spacial score (nSPS) is 13.9. The summed E-state index contributed by atoms with van der Waals surface area (Å²) in [4.78, 5) is 0. The fraction of sp³-hybridized carbons (Fsp3) is 1.00. The van der Waals surface area contributed by atoms with E-state index in [1.807, 2.05) is 0 Å². The van der Waals surface area contributed by atoms with E-state index in [0.29, 0.717) is 0 Å². The summed E-state index contributed by atoms with van der Waals surface area (Å²) < 4.78 is 34.2. The molecule has 6 heteroatoms. The van der Waals surface area contributed by atoms with E-state index in [2.05, 4.69) is 0 Å². The predicted molar refractivity (Wildman–Crippen MR) is 37.6 cm³/mol. The van der Waals surface area contributed by atoms with Crippen molar-refractivity contribution in [3.05, 3.63) is 0 Å². The Morgan fingerprint density at radius 1 is 1.36 bits per heavy atom. The molecule has 0 aromatic heterocycles. The topological polar surface area (TPSA) is 46.2 Å². The fourth-order valence-corrected chi connectivity index (χ4v) is 0.440. The molecule has 0 aromatic rings. The van der Waals surface area contributed by atoms with Crippen LogP contribution in [0.15, 0.2) is 0 Å². The first kappa shape index (κ1) is 13.6. The van der Waals surface area contributed by atoms with Crippen LogP contribution in [0.2, 0.25) is 0 Å². The number of aliphatic hydroxyl groups is 1. The van der Waals surface area contributed by atoms with E-state index in [9.17, 15) is 13.2 Å². The van der Waals surface area contributed by atoms with Gasteiger partial charge in [0, 0.05) is 12.5 Å². The third-order valence-electron chi connectivity index (χ3n) is 1.03. The Hall–Kier alpha value is -0.0000000000000000555. The maximum Gasteiger partial charge on any atom is 0.389 e. The van der Waals surface area contributed by atoms with Crippen LogP contribution in [0.4, 0.5) is 13.2 Å². The van der Waals surface area contributed by atoms with Gasteiger partial charge in [0.2, 0.25) is 0 Å². The van der Waals surface area contributed by atoms with Gasteiger partial charge in [0.25, 0.3) is 0 Å². The zero-order chi connectivity index (χ0) is 8.20. The molecule has 1 unspecified atom stereocenters. The third-order valence-corrected chi connectivity index (χ3v) is 1.03. The first-order valence-corrected chi connectivity index (χ1v) is 2.89. The smallest absolute Gasteiger partial charge is 0.389 e. The van der Waals surface area contributed by atoms with Crippen molar-refractivity contribution in [2.45, 2.75) is 25.1 Å². The summed E-state index contributed by atoms with van der Waals surface area (Å²) in [5.41, 5.74) is 5.03. The number of hydrogen-bond acceptors (Lipinski definition) is 2. The quantitative estimate of drug-likeness (QED) is 0.705. The molecule has 0 spiro atoms. The lowest BCUT2D eigenvalue weighted by molar-refractivity contribution is -0.136. The van der Waals surface area contributed by atoms with Crippen LogP contribution in [0.3, 0.4) is 0 Å². The van der Waals surface area contributed by atoms with E-state index in [1.54, 1.807) is 0 Å². The van der Waals surface area contributed by atoms with Crippen molar-refractivity contribution < 1.29 is 18.3 Å². The van der Waals surface area contributed by atoms with E-state index in [0.717, 1.165) is 0 Å². The van der Waals surface area contributed by atoms with Gasteiger partial charge in [0.15, 0.2) is 0 Å². The molecular formula is C5H11ClF3NO. The van der Waals surface area contributed by atoms with Crippen LogP contribution in [0.25, 0.3) is 0 Å². The summed E-state index contributed by atoms with van der Waals surface area (Å²) in [6.45, 7) is -0.393. The summed E-state index contributed by atoms with van der Waals surface area (Å²) in [6.07, 6.45) is -5.29. The molecule has 0 fully saturated rings. The molecule has 0 bridgehead atoms. The number of halogens is 4. The Kier molecular flexibility index (Phi) is 6.94. The van der Waals surface area contributed by atoms with Gasteiger partial charge in [-0.3, -0.25) is 0 Å². The minimum atomic E-state index is -4.16. The number of rotatable bonds is 3. The fourth-order valence-electron chi connectivity index (χ4n) is 0.440. The van der Waals surface area contributed by atoms with Crippen molar-refractivity contribution in [2.75, 3.05) is 6.61 Å². The second kappa shape index (κ2) is 5.62. The van der Waals surface area contributed by atoms with E-state index in [4.69, 9.17) is 10.8 Å². The summed E-state index contributed by atoms with van der Waals surface area (Å²) >= 11 is 0. The molecule has 0 saturated heterocycles. The second-order valence-electron chi connectivity index (χ2n) is 2.10. The lowest BCUT2D eigenvalue weighted by atomic mass is 10.2. The molecule has 3 N–H and O–H groups in total. The molecule has 0 aliphatic carbocycles. The van der Waals surface area contributed by atoms with E-state index in [1.165, 1.54) is 0 Å². The molecule has 0 radical (unpaired) electrons. The highest BCUT2D eigenvalue weighted by molar-refractivity contribution is 5.85. The SMILES string of the molecule is Cl.NC(CO)CCC(F)(F)F. The largest absolute Gasteiger partial charge is 0.395 e. The van der Waals surface area contributed by atoms with Gasteiger partial charge in [-0.15, -0.1) is 12.4 Å². The third kappa shape index (κ3) is 10.0. The van der Waals surface area contributed by atoms with Crippen LogP contribution in [0, 0.1) is 0 Å². The van der Waals surface area contributed by atoms with E-state index >= 15 is 0 Å². The highest BCUT2D eigenvalue weighted by Crippen LogP contribution is 2.21. The van der Waals surface area contributed by atoms with Crippen molar-refractivity contribution >= 4 is 12.4 Å². The summed E-state index contributed by atoms with van der Waals surface area (Å²) in [5, 5.41) is 8.24. The van der Waals surface area contributed by atoms with Gasteiger partial charge in [0.1, 0.15) is 0 Å². The molecule has 1 atom stereocenters. The van der Waals surface area contributed by atoms with Crippen molar-refractivity contribution in [1.82, 2.24) is 0 Å². The van der Waals surface area contributed by atoms with Crippen LogP contribution in [0.1, 0.15) is 12.8 Å². The number of hydrogen-bond donors (Lipinski definition) is 2. The van der Waals surface area contributed by atoms with Gasteiger partial charge < -0.3 is 10.8 Å². The first-order chi connectivity index (χ1) is 4.45. The highest BCUT2D eigenvalue weighted by atomic mass is 35.5. The highest BCUT2D eigenvalue weighted by Gasteiger charge is 2.27. The van der Waals surface area contributed by atoms with Gasteiger partial charge in [0.05, 0.1) is 6.61 Å². The van der Waals surface area contributed by atoms with Crippen LogP contribution in [-0.4, -0.2) is 23.9 Å². The van der Waals surface area contributed by atoms with Gasteiger partial charge in [-0.25, -0.2) is 0 Å². The van der Waals surface area contributed by atoms with Crippen molar-refractivity contribution in [3.63, 3.8) is 0 Å². The molecule has 0 aromatic carbocycles. The average molecular weight is 194 g/mol. The van der Waals surface area contributed by atoms with Crippen LogP contribution < -0.4 is 5.73 Å². The number of aliphatic hydroxyl groups excluding tert-OH is 1. The summed E-state index contributed by atoms with van der Waals surface area (Å²) in [7, 11) is 0. The average Bonchev–Trinajstić information content (AvgIpc) is 1.81. The lowest BCUT2D eigenvalue weighted by Gasteiger charge is -2.09. The molecule has 2 nitrogen and oxygen atoms in total. The van der Waals surface area contributed by atoms with Gasteiger partial charge in [-0.05, 0) is 6.42 Å². The van der Waals surface area contributed by atoms with E-state index < -0.39 is 25.2 Å². The monoisotopic (exact) mass is 193 g/mol. The summed E-state index contributed by atoms with van der Waals surface area (Å²) in [6, 6.07) is -0.748. The van der Waals surface area contributed by atoms with Crippen LogP contribution in [-0.2, 0) is 0 Å². The molecule has 0 heterocycles. The van der Waals surface area contributed by atoms with Crippen molar-refractivity contribution in [1.29, 1.82) is 0 Å². The lowest BCUT2D eigenvalue weighted by Crippen LogP contribution is -2.26. The molecule has 70 valence electrons. The zero-order valence-corrected chi connectivity index (χ0v) is 6.58. The molecule has 0 aliphatic rings. The zero-order valence-electron chi connectivity index (χ0n) is 5.77. The number of alkyl halides is 3. The standard InChI is InChI=1S/C5H10F3NO.ClH/c6-5(7,8)2-1-4(9)3-10;/h4,10H,1-3,9H2;1H. The Labute approximate surface area is 69.0 Å². The Morgan fingerprint density at radius 2 is 1.82 bits per heavy atom. The van der Waals surface area contributed by atoms with Crippen molar-refractivity contribution in [3.8, 4) is 0 Å². The molecule has 0 saturated carbocycles. The number of nitrogens with two attached hydrogens (primary N) is 1. The van der Waals surface area contributed by atoms with Gasteiger partial charge in [-0.2, -0.15) is 13.2 Å². The summed E-state index contributed by atoms with van der Waals surface area (Å²) in [5.74, 6) is 0. The molecule has 0 amide bonds.